The number of nitrogens with one attached hydrogen (secondary N) is 2. The molecule has 2 aliphatic rings. The lowest BCUT2D eigenvalue weighted by atomic mass is 10.2. The summed E-state index contributed by atoms with van der Waals surface area (Å²) < 4.78 is 11.7. The van der Waals surface area contributed by atoms with Crippen LogP contribution in [0, 0.1) is 6.92 Å². The van der Waals surface area contributed by atoms with E-state index in [1.54, 1.807) is 0 Å². The molecule has 2 aromatic heterocycles. The van der Waals surface area contributed by atoms with Crippen LogP contribution < -0.4 is 10.2 Å². The van der Waals surface area contributed by atoms with Crippen molar-refractivity contribution in [3.63, 3.8) is 0 Å². The first-order valence-corrected chi connectivity index (χ1v) is 10.1. The van der Waals surface area contributed by atoms with E-state index in [1.165, 1.54) is 0 Å². The molecule has 2 unspecified atom stereocenters. The Morgan fingerprint density at radius 2 is 1.77 bits per heavy atom. The highest BCUT2D eigenvalue weighted by Crippen LogP contribution is 2.27. The topological polar surface area (TPSA) is 88.2 Å². The number of aromatic amines is 1. The number of rotatable bonds is 5. The molecule has 2 fully saturated rings. The van der Waals surface area contributed by atoms with E-state index in [9.17, 15) is 0 Å². The molecule has 0 spiro atoms. The molecule has 0 amide bonds. The van der Waals surface area contributed by atoms with Gasteiger partial charge in [0.2, 0.25) is 0 Å². The fraction of sp³-hybridized carbons (Fsp3) is 0.318. The van der Waals surface area contributed by atoms with Crippen LogP contribution >= 0.6 is 0 Å². The van der Waals surface area contributed by atoms with Crippen molar-refractivity contribution in [2.75, 3.05) is 36.5 Å². The Morgan fingerprint density at radius 1 is 1.00 bits per heavy atom. The van der Waals surface area contributed by atoms with Crippen molar-refractivity contribution in [3.8, 4) is 0 Å². The van der Waals surface area contributed by atoms with E-state index < -0.39 is 0 Å². The smallest absolute Gasteiger partial charge is 0.156 e. The van der Waals surface area contributed by atoms with Gasteiger partial charge in [0.15, 0.2) is 11.6 Å². The predicted octanol–water partition coefficient (Wildman–Crippen LogP) is 3.03. The van der Waals surface area contributed by atoms with Gasteiger partial charge in [0, 0.05) is 30.9 Å². The van der Waals surface area contributed by atoms with Crippen molar-refractivity contribution in [1.29, 1.82) is 0 Å². The van der Waals surface area contributed by atoms with Crippen molar-refractivity contribution in [3.05, 3.63) is 59.5 Å². The molecule has 0 bridgehead atoms. The number of benzene rings is 1. The zero-order chi connectivity index (χ0) is 20.3. The molecule has 8 nitrogen and oxygen atoms in total. The van der Waals surface area contributed by atoms with Gasteiger partial charge >= 0.3 is 0 Å². The van der Waals surface area contributed by atoms with Crippen LogP contribution in [-0.4, -0.2) is 58.7 Å². The molecule has 8 heteroatoms. The second kappa shape index (κ2) is 8.25. The molecule has 5 rings (SSSR count). The first-order valence-electron chi connectivity index (χ1n) is 10.1. The molecular weight excluding hydrogens is 380 g/mol. The van der Waals surface area contributed by atoms with Gasteiger partial charge < -0.3 is 19.7 Å². The maximum atomic E-state index is 5.86. The van der Waals surface area contributed by atoms with Crippen LogP contribution in [0.5, 0.6) is 0 Å². The van der Waals surface area contributed by atoms with Gasteiger partial charge in [-0.15, -0.1) is 0 Å². The third-order valence-electron chi connectivity index (χ3n) is 5.20. The Bertz CT molecular complexity index is 1020. The summed E-state index contributed by atoms with van der Waals surface area (Å²) in [5.41, 5.74) is 2.08. The molecule has 2 atom stereocenters. The summed E-state index contributed by atoms with van der Waals surface area (Å²) >= 11 is 0. The van der Waals surface area contributed by atoms with E-state index in [0.29, 0.717) is 24.9 Å². The van der Waals surface area contributed by atoms with Crippen LogP contribution in [0.2, 0.25) is 0 Å². The largest absolute Gasteiger partial charge is 0.371 e. The monoisotopic (exact) mass is 404 g/mol. The third kappa shape index (κ3) is 4.19. The minimum absolute atomic E-state index is 0.0856. The summed E-state index contributed by atoms with van der Waals surface area (Å²) in [6.45, 7) is 4.77. The molecule has 30 heavy (non-hydrogen) atoms. The fourth-order valence-corrected chi connectivity index (χ4v) is 3.75. The van der Waals surface area contributed by atoms with E-state index in [-0.39, 0.29) is 12.2 Å². The summed E-state index contributed by atoms with van der Waals surface area (Å²) in [7, 11) is 0. The molecule has 0 saturated carbocycles. The zero-order valence-corrected chi connectivity index (χ0v) is 16.8. The van der Waals surface area contributed by atoms with Crippen molar-refractivity contribution >= 4 is 29.6 Å². The van der Waals surface area contributed by atoms with Crippen molar-refractivity contribution in [2.24, 2.45) is 0 Å². The van der Waals surface area contributed by atoms with E-state index in [4.69, 9.17) is 14.5 Å². The van der Waals surface area contributed by atoms with Crippen molar-refractivity contribution in [2.45, 2.75) is 19.1 Å². The van der Waals surface area contributed by atoms with Gasteiger partial charge in [0.05, 0.1) is 13.2 Å². The molecule has 0 radical (unpaired) electrons. The van der Waals surface area contributed by atoms with E-state index in [0.717, 1.165) is 36.0 Å². The summed E-state index contributed by atoms with van der Waals surface area (Å²) in [6, 6.07) is 14.0. The zero-order valence-electron chi connectivity index (χ0n) is 16.8. The van der Waals surface area contributed by atoms with Crippen LogP contribution in [0.25, 0.3) is 12.2 Å². The number of fused-ring (bicyclic) bond motifs is 1. The Balaban J connectivity index is 1.44. The fourth-order valence-electron chi connectivity index (χ4n) is 3.75. The van der Waals surface area contributed by atoms with Crippen LogP contribution in [0.3, 0.4) is 0 Å². The van der Waals surface area contributed by atoms with Crippen molar-refractivity contribution < 1.29 is 9.47 Å². The number of hydrogen-bond donors (Lipinski definition) is 2. The van der Waals surface area contributed by atoms with E-state index >= 15 is 0 Å². The molecule has 4 heterocycles. The quantitative estimate of drug-likeness (QED) is 0.676. The normalized spacial score (nSPS) is 21.2. The number of H-pyrrole nitrogens is 1. The standard InChI is InChI=1S/C22H24N6O2/c1-15-11-21(27-26-15)24-20-12-22(28-13-17-18(14-28)30-10-9-29-17)25-19(23-20)8-7-16-5-3-2-4-6-16/h2-8,11-12,17-18H,9-10,13-14H2,1H3,(H2,23,24,25,26,27). The Hall–Kier alpha value is -3.23. The summed E-state index contributed by atoms with van der Waals surface area (Å²) in [4.78, 5) is 11.6. The van der Waals surface area contributed by atoms with Gasteiger partial charge in [-0.05, 0) is 18.6 Å². The molecule has 0 aliphatic carbocycles. The lowest BCUT2D eigenvalue weighted by Gasteiger charge is -2.24. The lowest BCUT2D eigenvalue weighted by molar-refractivity contribution is -0.116. The summed E-state index contributed by atoms with van der Waals surface area (Å²) in [5, 5.41) is 10.5. The lowest BCUT2D eigenvalue weighted by Crippen LogP contribution is -2.36. The van der Waals surface area contributed by atoms with E-state index in [1.807, 2.05) is 61.5 Å². The van der Waals surface area contributed by atoms with Crippen LogP contribution in [0.15, 0.2) is 42.5 Å². The minimum atomic E-state index is 0.0856. The van der Waals surface area contributed by atoms with Gasteiger partial charge in [-0.3, -0.25) is 5.10 Å². The highest BCUT2D eigenvalue weighted by Gasteiger charge is 2.37. The third-order valence-corrected chi connectivity index (χ3v) is 5.20. The van der Waals surface area contributed by atoms with Crippen LogP contribution in [0.4, 0.5) is 17.5 Å². The maximum absolute atomic E-state index is 5.86. The summed E-state index contributed by atoms with van der Waals surface area (Å²) in [5.74, 6) is 2.88. The predicted molar refractivity (Wildman–Crippen MR) is 116 cm³/mol. The number of nitrogens with zero attached hydrogens (tertiary/aromatic N) is 4. The molecule has 2 N–H and O–H groups in total. The van der Waals surface area contributed by atoms with Gasteiger partial charge in [-0.1, -0.05) is 36.4 Å². The second-order valence-electron chi connectivity index (χ2n) is 7.50. The molecule has 3 aromatic rings. The van der Waals surface area contributed by atoms with Gasteiger partial charge in [0.25, 0.3) is 0 Å². The van der Waals surface area contributed by atoms with Crippen molar-refractivity contribution in [1.82, 2.24) is 20.2 Å². The van der Waals surface area contributed by atoms with Crippen LogP contribution in [-0.2, 0) is 9.47 Å². The Kier molecular flexibility index (Phi) is 5.17. The number of ether oxygens (including phenoxy) is 2. The Labute approximate surface area is 175 Å². The SMILES string of the molecule is Cc1cc(Nc2cc(N3CC4OCCOC4C3)nc(C=Cc3ccccc3)n2)n[nH]1. The average molecular weight is 404 g/mol. The molecule has 2 aliphatic heterocycles. The molecule has 1 aromatic carbocycles. The van der Waals surface area contributed by atoms with Gasteiger partial charge in [-0.2, -0.15) is 5.10 Å². The number of hydrogen-bond acceptors (Lipinski definition) is 7. The van der Waals surface area contributed by atoms with Gasteiger partial charge in [0.1, 0.15) is 23.8 Å². The summed E-state index contributed by atoms with van der Waals surface area (Å²) in [6.07, 6.45) is 4.11. The van der Waals surface area contributed by atoms with Crippen LogP contribution in [0.1, 0.15) is 17.1 Å². The number of aryl methyl sites for hydroxylation is 1. The van der Waals surface area contributed by atoms with Gasteiger partial charge in [-0.25, -0.2) is 9.97 Å². The molecule has 2 saturated heterocycles. The minimum Gasteiger partial charge on any atom is -0.371 e. The number of anilines is 3. The molecular formula is C22H24N6O2. The Morgan fingerprint density at radius 3 is 2.47 bits per heavy atom. The maximum Gasteiger partial charge on any atom is 0.156 e. The highest BCUT2D eigenvalue weighted by atomic mass is 16.6. The number of aromatic nitrogens is 4. The first kappa shape index (κ1) is 18.8. The average Bonchev–Trinajstić information content (AvgIpc) is 3.39. The first-order chi connectivity index (χ1) is 14.7. The van der Waals surface area contributed by atoms with E-state index in [2.05, 4.69) is 25.4 Å². The molecule has 154 valence electrons. The second-order valence-corrected chi connectivity index (χ2v) is 7.50. The highest BCUT2D eigenvalue weighted by molar-refractivity contribution is 5.69.